The topological polar surface area (TPSA) is 64.6 Å². The summed E-state index contributed by atoms with van der Waals surface area (Å²) in [7, 11) is 3.44. The third kappa shape index (κ3) is 6.10. The fourth-order valence-electron chi connectivity index (χ4n) is 1.70. The third-order valence-electron chi connectivity index (χ3n) is 2.78. The number of benzene rings is 1. The molecule has 1 atom stereocenters. The van der Waals surface area contributed by atoms with E-state index in [9.17, 15) is 9.90 Å². The number of nitrogens with one attached hydrogen (secondary N) is 2. The SMILES string of the molecule is CC(Cc1ccc(O)cc1)NCCNC(=O)N(C)C. The number of hydrogen-bond donors (Lipinski definition) is 3. The van der Waals surface area contributed by atoms with Gasteiger partial charge in [0.1, 0.15) is 5.75 Å². The highest BCUT2D eigenvalue weighted by molar-refractivity contribution is 5.73. The zero-order valence-electron chi connectivity index (χ0n) is 11.8. The average Bonchev–Trinajstić information content (AvgIpc) is 2.37. The van der Waals surface area contributed by atoms with Crippen LogP contribution in [0.4, 0.5) is 4.79 Å². The van der Waals surface area contributed by atoms with Gasteiger partial charge in [0.15, 0.2) is 0 Å². The number of amides is 2. The van der Waals surface area contributed by atoms with Gasteiger partial charge in [0.2, 0.25) is 0 Å². The molecule has 0 radical (unpaired) electrons. The molecular weight excluding hydrogens is 242 g/mol. The molecule has 0 heterocycles. The van der Waals surface area contributed by atoms with Crippen LogP contribution in [0.15, 0.2) is 24.3 Å². The van der Waals surface area contributed by atoms with Crippen molar-refractivity contribution < 1.29 is 9.90 Å². The molecule has 0 saturated carbocycles. The van der Waals surface area contributed by atoms with Crippen molar-refractivity contribution in [2.75, 3.05) is 27.2 Å². The quantitative estimate of drug-likeness (QED) is 0.677. The predicted molar refractivity (Wildman–Crippen MR) is 76.4 cm³/mol. The minimum Gasteiger partial charge on any atom is -0.508 e. The molecular formula is C14H23N3O2. The lowest BCUT2D eigenvalue weighted by Crippen LogP contribution is -2.40. The number of rotatable bonds is 6. The molecule has 1 rings (SSSR count). The first-order chi connectivity index (χ1) is 8.99. The zero-order valence-corrected chi connectivity index (χ0v) is 11.8. The van der Waals surface area contributed by atoms with E-state index in [4.69, 9.17) is 0 Å². The number of carbonyl (C=O) groups is 1. The van der Waals surface area contributed by atoms with E-state index in [2.05, 4.69) is 17.6 Å². The Morgan fingerprint density at radius 3 is 2.47 bits per heavy atom. The smallest absolute Gasteiger partial charge is 0.316 e. The fraction of sp³-hybridized carbons (Fsp3) is 0.500. The van der Waals surface area contributed by atoms with Gasteiger partial charge in [-0.2, -0.15) is 0 Å². The van der Waals surface area contributed by atoms with Gasteiger partial charge in [-0.25, -0.2) is 4.79 Å². The monoisotopic (exact) mass is 265 g/mol. The first-order valence-electron chi connectivity index (χ1n) is 6.45. The van der Waals surface area contributed by atoms with E-state index in [1.165, 1.54) is 10.5 Å². The van der Waals surface area contributed by atoms with Gasteiger partial charge in [0.25, 0.3) is 0 Å². The Labute approximate surface area is 114 Å². The summed E-state index contributed by atoms with van der Waals surface area (Å²) in [5.41, 5.74) is 1.18. The Bertz CT molecular complexity index is 390. The number of phenolic OH excluding ortho intramolecular Hbond substituents is 1. The Hall–Kier alpha value is -1.75. The van der Waals surface area contributed by atoms with Crippen LogP contribution >= 0.6 is 0 Å². The van der Waals surface area contributed by atoms with Crippen molar-refractivity contribution in [3.05, 3.63) is 29.8 Å². The first kappa shape index (κ1) is 15.3. The number of phenols is 1. The highest BCUT2D eigenvalue weighted by Gasteiger charge is 2.04. The minimum atomic E-state index is -0.0759. The third-order valence-corrected chi connectivity index (χ3v) is 2.78. The molecule has 5 nitrogen and oxygen atoms in total. The summed E-state index contributed by atoms with van der Waals surface area (Å²) < 4.78 is 0. The summed E-state index contributed by atoms with van der Waals surface area (Å²) in [5.74, 6) is 0.288. The first-order valence-corrected chi connectivity index (χ1v) is 6.45. The van der Waals surface area contributed by atoms with Crippen LogP contribution in [0.5, 0.6) is 5.75 Å². The summed E-state index contributed by atoms with van der Waals surface area (Å²) in [5, 5.41) is 15.3. The Kier molecular flexibility index (Phi) is 6.15. The van der Waals surface area contributed by atoms with Crippen molar-refractivity contribution in [3.8, 4) is 5.75 Å². The van der Waals surface area contributed by atoms with E-state index < -0.39 is 0 Å². The van der Waals surface area contributed by atoms with Crippen molar-refractivity contribution in [1.29, 1.82) is 0 Å². The Morgan fingerprint density at radius 2 is 1.89 bits per heavy atom. The average molecular weight is 265 g/mol. The van der Waals surface area contributed by atoms with E-state index in [1.807, 2.05) is 12.1 Å². The van der Waals surface area contributed by atoms with Gasteiger partial charge in [0.05, 0.1) is 0 Å². The van der Waals surface area contributed by atoms with Gasteiger partial charge in [-0.3, -0.25) is 0 Å². The van der Waals surface area contributed by atoms with Gasteiger partial charge < -0.3 is 20.6 Å². The van der Waals surface area contributed by atoms with Gasteiger partial charge in [0, 0.05) is 33.2 Å². The van der Waals surface area contributed by atoms with Crippen LogP contribution in [-0.4, -0.2) is 49.3 Å². The van der Waals surface area contributed by atoms with Crippen LogP contribution in [0.1, 0.15) is 12.5 Å². The predicted octanol–water partition coefficient (Wildman–Crippen LogP) is 1.18. The van der Waals surface area contributed by atoms with Crippen molar-refractivity contribution in [3.63, 3.8) is 0 Å². The van der Waals surface area contributed by atoms with Gasteiger partial charge >= 0.3 is 6.03 Å². The van der Waals surface area contributed by atoms with Crippen LogP contribution in [0.2, 0.25) is 0 Å². The van der Waals surface area contributed by atoms with Crippen molar-refractivity contribution in [1.82, 2.24) is 15.5 Å². The normalized spacial score (nSPS) is 11.9. The minimum absolute atomic E-state index is 0.0759. The molecule has 0 aliphatic carbocycles. The standard InChI is InChI=1S/C14H23N3O2/c1-11(10-12-4-6-13(18)7-5-12)15-8-9-16-14(19)17(2)3/h4-7,11,15,18H,8-10H2,1-3H3,(H,16,19). The van der Waals surface area contributed by atoms with Crippen LogP contribution < -0.4 is 10.6 Å². The van der Waals surface area contributed by atoms with Crippen LogP contribution in [0.3, 0.4) is 0 Å². The van der Waals surface area contributed by atoms with Gasteiger partial charge in [-0.05, 0) is 31.0 Å². The summed E-state index contributed by atoms with van der Waals surface area (Å²) in [6.07, 6.45) is 0.891. The second-order valence-electron chi connectivity index (χ2n) is 4.85. The number of nitrogens with zero attached hydrogens (tertiary/aromatic N) is 1. The molecule has 1 aromatic rings. The highest BCUT2D eigenvalue weighted by atomic mass is 16.3. The molecule has 0 spiro atoms. The van der Waals surface area contributed by atoms with Crippen LogP contribution in [-0.2, 0) is 6.42 Å². The second kappa shape index (κ2) is 7.63. The lowest BCUT2D eigenvalue weighted by Gasteiger charge is -2.16. The largest absolute Gasteiger partial charge is 0.508 e. The Morgan fingerprint density at radius 1 is 1.26 bits per heavy atom. The van der Waals surface area contributed by atoms with Crippen molar-refractivity contribution in [2.24, 2.45) is 0 Å². The van der Waals surface area contributed by atoms with E-state index in [-0.39, 0.29) is 11.8 Å². The molecule has 5 heteroatoms. The lowest BCUT2D eigenvalue weighted by atomic mass is 10.1. The van der Waals surface area contributed by atoms with E-state index in [0.29, 0.717) is 12.6 Å². The molecule has 0 bridgehead atoms. The zero-order chi connectivity index (χ0) is 14.3. The van der Waals surface area contributed by atoms with Crippen LogP contribution in [0, 0.1) is 0 Å². The molecule has 0 aliphatic heterocycles. The summed E-state index contributed by atoms with van der Waals surface area (Å²) in [6.45, 7) is 3.44. The number of urea groups is 1. The highest BCUT2D eigenvalue weighted by Crippen LogP contribution is 2.10. The van der Waals surface area contributed by atoms with Gasteiger partial charge in [-0.15, -0.1) is 0 Å². The maximum Gasteiger partial charge on any atom is 0.316 e. The number of aromatic hydroxyl groups is 1. The fourth-order valence-corrected chi connectivity index (χ4v) is 1.70. The second-order valence-corrected chi connectivity index (χ2v) is 4.85. The maximum atomic E-state index is 11.3. The van der Waals surface area contributed by atoms with Crippen molar-refractivity contribution >= 4 is 6.03 Å². The van der Waals surface area contributed by atoms with Crippen LogP contribution in [0.25, 0.3) is 0 Å². The summed E-state index contributed by atoms with van der Waals surface area (Å²) in [6, 6.07) is 7.47. The lowest BCUT2D eigenvalue weighted by molar-refractivity contribution is 0.217. The molecule has 0 saturated heterocycles. The molecule has 2 amide bonds. The van der Waals surface area contributed by atoms with E-state index >= 15 is 0 Å². The summed E-state index contributed by atoms with van der Waals surface area (Å²) in [4.78, 5) is 12.8. The molecule has 0 aromatic heterocycles. The molecule has 0 aliphatic rings. The van der Waals surface area contributed by atoms with E-state index in [1.54, 1.807) is 26.2 Å². The molecule has 1 aromatic carbocycles. The van der Waals surface area contributed by atoms with E-state index in [0.717, 1.165) is 13.0 Å². The number of hydrogen-bond acceptors (Lipinski definition) is 3. The molecule has 106 valence electrons. The maximum absolute atomic E-state index is 11.3. The molecule has 1 unspecified atom stereocenters. The Balaban J connectivity index is 2.19. The van der Waals surface area contributed by atoms with Crippen molar-refractivity contribution in [2.45, 2.75) is 19.4 Å². The van der Waals surface area contributed by atoms with Gasteiger partial charge in [-0.1, -0.05) is 12.1 Å². The number of carbonyl (C=O) groups excluding carboxylic acids is 1. The summed E-state index contributed by atoms with van der Waals surface area (Å²) >= 11 is 0. The molecule has 19 heavy (non-hydrogen) atoms. The molecule has 0 fully saturated rings. The molecule has 3 N–H and O–H groups in total.